The van der Waals surface area contributed by atoms with Gasteiger partial charge in [-0.15, -0.1) is 0 Å². The Morgan fingerprint density at radius 2 is 0.480 bits per heavy atom. The van der Waals surface area contributed by atoms with Crippen molar-refractivity contribution < 1.29 is 115 Å². The van der Waals surface area contributed by atoms with E-state index in [0.29, 0.717) is 32.7 Å². The number of carbonyl (C=O) groups excluding carboxylic acids is 8. The van der Waals surface area contributed by atoms with Gasteiger partial charge < -0.3 is 110 Å². The van der Waals surface area contributed by atoms with E-state index in [1.807, 2.05) is 6.92 Å². The van der Waals surface area contributed by atoms with Gasteiger partial charge in [0.2, 0.25) is 47.3 Å². The lowest BCUT2D eigenvalue weighted by molar-refractivity contribution is -0.142. The highest BCUT2D eigenvalue weighted by atomic mass is 16.6. The molecule has 0 saturated heterocycles. The highest BCUT2D eigenvalue weighted by Crippen LogP contribution is 2.15. The highest BCUT2D eigenvalue weighted by Gasteiger charge is 2.21. The fourth-order valence-corrected chi connectivity index (χ4v) is 8.73. The van der Waals surface area contributed by atoms with Crippen molar-refractivity contribution in [2.75, 3.05) is 204 Å². The lowest BCUT2D eigenvalue weighted by Gasteiger charge is -2.14. The summed E-state index contributed by atoms with van der Waals surface area (Å²) in [5.41, 5.74) is 0. The van der Waals surface area contributed by atoms with Crippen molar-refractivity contribution in [3.63, 3.8) is 0 Å². The molecule has 0 bridgehead atoms. The van der Waals surface area contributed by atoms with E-state index in [1.54, 1.807) is 0 Å². The molecule has 0 spiro atoms. The molecule has 0 aliphatic carbocycles. The third-order valence-corrected chi connectivity index (χ3v) is 14.0. The Bertz CT molecular complexity index is 2020. The molecule has 10 N–H and O–H groups in total. The van der Waals surface area contributed by atoms with Gasteiger partial charge in [0.05, 0.1) is 119 Å². The molecule has 0 saturated carbocycles. The van der Waals surface area contributed by atoms with E-state index in [9.17, 15) is 53.1 Å². The summed E-state index contributed by atoms with van der Waals surface area (Å²) >= 11 is 0. The Morgan fingerprint density at radius 1 is 0.255 bits per heavy atom. The molecule has 98 heavy (non-hydrogen) atoms. The minimum atomic E-state index is -1.19. The van der Waals surface area contributed by atoms with Crippen LogP contribution >= 0.6 is 0 Å². The fourth-order valence-electron chi connectivity index (χ4n) is 8.73. The van der Waals surface area contributed by atoms with Gasteiger partial charge in [-0.25, -0.2) is 4.79 Å². The number of amides is 8. The smallest absolute Gasteiger partial charge is 0.326 e. The lowest BCUT2D eigenvalue weighted by Crippen LogP contribution is -2.41. The van der Waals surface area contributed by atoms with Gasteiger partial charge >= 0.3 is 11.9 Å². The average Bonchev–Trinajstić information content (AvgIpc) is 1.78. The molecular weight excluding hydrogens is 1290 g/mol. The predicted molar refractivity (Wildman–Crippen MR) is 360 cm³/mol. The minimum Gasteiger partial charge on any atom is -0.481 e. The second kappa shape index (κ2) is 72.5. The number of unbranched alkanes of at least 4 members (excludes halogenated alkanes) is 17. The summed E-state index contributed by atoms with van der Waals surface area (Å²) in [6.07, 6.45) is 21.7. The minimum absolute atomic E-state index is 0.0192. The second-order valence-corrected chi connectivity index (χ2v) is 22.7. The summed E-state index contributed by atoms with van der Waals surface area (Å²) in [6.45, 7) is 7.07. The number of carboxylic acid groups (broad SMARTS) is 2. The second-order valence-electron chi connectivity index (χ2n) is 22.7. The van der Waals surface area contributed by atoms with Crippen LogP contribution in [0.2, 0.25) is 0 Å². The maximum Gasteiger partial charge on any atom is 0.326 e. The third kappa shape index (κ3) is 71.5. The monoisotopic (exact) mass is 1410 g/mol. The van der Waals surface area contributed by atoms with Crippen LogP contribution in [0.3, 0.4) is 0 Å². The number of ether oxygens (including phenoxy) is 12. The topological polar surface area (TPSA) is 418 Å². The van der Waals surface area contributed by atoms with E-state index in [-0.39, 0.29) is 251 Å². The van der Waals surface area contributed by atoms with E-state index < -0.39 is 18.0 Å². The van der Waals surface area contributed by atoms with Crippen molar-refractivity contribution in [2.45, 2.75) is 161 Å². The quantitative estimate of drug-likeness (QED) is 0.0387. The first kappa shape index (κ1) is 92.2. The first-order valence-electron chi connectivity index (χ1n) is 35.3. The molecule has 0 aromatic heterocycles. The number of nitrogens with one attached hydrogen (secondary N) is 8. The Kier molecular flexibility index (Phi) is 68.2. The summed E-state index contributed by atoms with van der Waals surface area (Å²) in [5.74, 6) is -4.40. The van der Waals surface area contributed by atoms with Gasteiger partial charge in [-0.05, 0) is 25.7 Å². The van der Waals surface area contributed by atoms with Gasteiger partial charge in [-0.1, -0.05) is 110 Å². The molecule has 1 atom stereocenters. The Balaban J connectivity index is 3.54. The van der Waals surface area contributed by atoms with Crippen LogP contribution in [0.4, 0.5) is 0 Å². The van der Waals surface area contributed by atoms with E-state index in [1.165, 1.54) is 70.6 Å². The first-order valence-corrected chi connectivity index (χ1v) is 35.3. The number of carbonyl (C=O) groups is 10. The van der Waals surface area contributed by atoms with Crippen molar-refractivity contribution in [3.05, 3.63) is 0 Å². The molecule has 32 heteroatoms. The molecule has 0 unspecified atom stereocenters. The van der Waals surface area contributed by atoms with Gasteiger partial charge in [-0.2, -0.15) is 0 Å². The molecule has 32 nitrogen and oxygen atoms in total. The van der Waals surface area contributed by atoms with Gasteiger partial charge in [0.1, 0.15) is 45.7 Å². The van der Waals surface area contributed by atoms with Crippen molar-refractivity contribution in [1.29, 1.82) is 0 Å². The number of rotatable bonds is 76. The van der Waals surface area contributed by atoms with Gasteiger partial charge in [0.25, 0.3) is 0 Å². The Labute approximate surface area is 579 Å². The number of carboxylic acids is 2. The molecule has 0 aliphatic rings. The van der Waals surface area contributed by atoms with E-state index in [0.717, 1.165) is 44.9 Å². The summed E-state index contributed by atoms with van der Waals surface area (Å²) in [7, 11) is 0. The van der Waals surface area contributed by atoms with E-state index in [2.05, 4.69) is 42.5 Å². The molecule has 0 aromatic rings. The van der Waals surface area contributed by atoms with Crippen LogP contribution < -0.4 is 42.5 Å². The zero-order chi connectivity index (χ0) is 71.7. The van der Waals surface area contributed by atoms with E-state index >= 15 is 0 Å². The molecule has 8 amide bonds. The van der Waals surface area contributed by atoms with Crippen LogP contribution in [-0.4, -0.2) is 280 Å². The number of hydrogen-bond donors (Lipinski definition) is 10. The fraction of sp³-hybridized carbons (Fsp3) is 0.848. The summed E-state index contributed by atoms with van der Waals surface area (Å²) in [4.78, 5) is 118. The molecule has 0 fully saturated rings. The summed E-state index contributed by atoms with van der Waals surface area (Å²) in [6, 6.07) is -1.16. The largest absolute Gasteiger partial charge is 0.481 e. The Hall–Kier alpha value is -5.78. The maximum atomic E-state index is 12.4. The van der Waals surface area contributed by atoms with Gasteiger partial charge in [0.15, 0.2) is 0 Å². The van der Waals surface area contributed by atoms with Gasteiger partial charge in [-0.3, -0.25) is 43.2 Å². The van der Waals surface area contributed by atoms with Crippen LogP contribution in [0.25, 0.3) is 0 Å². The molecule has 0 heterocycles. The zero-order valence-electron chi connectivity index (χ0n) is 58.6. The van der Waals surface area contributed by atoms with Gasteiger partial charge in [0, 0.05) is 65.1 Å². The number of hydrogen-bond acceptors (Lipinski definition) is 22. The highest BCUT2D eigenvalue weighted by molar-refractivity contribution is 5.84. The third-order valence-electron chi connectivity index (χ3n) is 14.0. The summed E-state index contributed by atoms with van der Waals surface area (Å²) in [5, 5.41) is 39.5. The SMILES string of the molecule is CCCNC(=O)COCCOCCNC(=O)COCCOCCNC(=O)COCCOCCNC(=O)COCCOCCNC(=O)COCCOCCNC(=O)COCCOCCNC(=O)CC[C@H](NC(=O)CCCCCCCCCCCCCCCCCCCCC(=O)O)C(=O)O. The maximum absolute atomic E-state index is 12.4. The zero-order valence-corrected chi connectivity index (χ0v) is 58.6. The first-order chi connectivity index (χ1) is 47.7. The predicted octanol–water partition coefficient (Wildman–Crippen LogP) is 1.65. The van der Waals surface area contributed by atoms with Crippen LogP contribution in [0.1, 0.15) is 155 Å². The van der Waals surface area contributed by atoms with E-state index in [4.69, 9.17) is 61.9 Å². The van der Waals surface area contributed by atoms with Crippen LogP contribution in [0.5, 0.6) is 0 Å². The standard InChI is InChI=1S/C66H122N8O24/c1-2-25-67-59(77)50-93-44-39-88-33-27-69-61(79)52-95-46-41-90-35-29-71-63(81)54-97-48-43-92-37-31-73-64(82)55-98-49-42-91-36-30-72-62(80)53-96-47-40-89-34-28-70-60(78)51-94-45-38-87-32-26-68-57(75)24-23-56(66(85)86)74-58(76)21-19-17-15-13-11-9-7-5-3-4-6-8-10-12-14-16-18-20-22-65(83)84/h56H,2-55H2,1H3,(H,67,77)(H,68,75)(H,69,79)(H,70,78)(H,71,81)(H,72,80)(H,73,82)(H,74,76)(H,83,84)(H,85,86)/t56-/m0/s1. The number of aliphatic carboxylic acids is 2. The van der Waals surface area contributed by atoms with Crippen LogP contribution in [-0.2, 0) is 105 Å². The van der Waals surface area contributed by atoms with Crippen LogP contribution in [0, 0.1) is 0 Å². The molecular formula is C66H122N8O24. The molecule has 0 rings (SSSR count). The lowest BCUT2D eigenvalue weighted by atomic mass is 10.0. The van der Waals surface area contributed by atoms with Crippen molar-refractivity contribution >= 4 is 59.2 Å². The molecule has 0 radical (unpaired) electrons. The normalized spacial score (nSPS) is 11.4. The van der Waals surface area contributed by atoms with Crippen LogP contribution in [0.15, 0.2) is 0 Å². The molecule has 0 aromatic carbocycles. The molecule has 0 aliphatic heterocycles. The van der Waals surface area contributed by atoms with Crippen molar-refractivity contribution in [3.8, 4) is 0 Å². The molecule has 570 valence electrons. The Morgan fingerprint density at radius 3 is 0.724 bits per heavy atom. The van der Waals surface area contributed by atoms with Crippen molar-refractivity contribution in [2.24, 2.45) is 0 Å². The summed E-state index contributed by atoms with van der Waals surface area (Å²) < 4.78 is 64.0. The van der Waals surface area contributed by atoms with Crippen molar-refractivity contribution in [1.82, 2.24) is 42.5 Å². The average molecular weight is 1410 g/mol.